The lowest BCUT2D eigenvalue weighted by atomic mass is 10.3. The zero-order valence-corrected chi connectivity index (χ0v) is 9.75. The van der Waals surface area contributed by atoms with Gasteiger partial charge in [0.25, 0.3) is 5.95 Å². The van der Waals surface area contributed by atoms with Crippen molar-refractivity contribution in [2.24, 2.45) is 0 Å². The molecule has 0 aromatic carbocycles. The van der Waals surface area contributed by atoms with E-state index >= 15 is 0 Å². The standard InChI is InChI=1S/C8H14N4O3S/c1-6-9-8(11-10-6)12-16(13,14)5-7-3-2-4-15-7/h7H,2-5H2,1H3,(H2,9,10,11,12). The number of nitrogens with one attached hydrogen (secondary N) is 2. The number of sulfonamides is 1. The Balaban J connectivity index is 1.96. The number of rotatable bonds is 4. The van der Waals surface area contributed by atoms with E-state index in [0.29, 0.717) is 12.4 Å². The molecule has 1 aliphatic heterocycles. The lowest BCUT2D eigenvalue weighted by Gasteiger charge is -2.09. The quantitative estimate of drug-likeness (QED) is 0.781. The Morgan fingerprint density at radius 3 is 3.00 bits per heavy atom. The van der Waals surface area contributed by atoms with Crippen LogP contribution in [0.5, 0.6) is 0 Å². The van der Waals surface area contributed by atoms with Crippen LogP contribution in [0.25, 0.3) is 0 Å². The second kappa shape index (κ2) is 4.38. The van der Waals surface area contributed by atoms with E-state index in [2.05, 4.69) is 19.9 Å². The van der Waals surface area contributed by atoms with E-state index in [4.69, 9.17) is 4.74 Å². The summed E-state index contributed by atoms with van der Waals surface area (Å²) in [6.07, 6.45) is 1.49. The number of aromatic nitrogens is 3. The number of H-pyrrole nitrogens is 1. The van der Waals surface area contributed by atoms with Crippen LogP contribution in [0.2, 0.25) is 0 Å². The molecule has 0 saturated carbocycles. The maximum Gasteiger partial charge on any atom is 0.255 e. The van der Waals surface area contributed by atoms with Crippen LogP contribution < -0.4 is 4.72 Å². The Labute approximate surface area is 93.7 Å². The Bertz CT molecular complexity index is 450. The van der Waals surface area contributed by atoms with Crippen molar-refractivity contribution in [3.05, 3.63) is 5.82 Å². The molecule has 1 unspecified atom stereocenters. The fourth-order valence-electron chi connectivity index (χ4n) is 1.59. The fourth-order valence-corrected chi connectivity index (χ4v) is 2.79. The van der Waals surface area contributed by atoms with Crippen molar-refractivity contribution in [3.8, 4) is 0 Å². The summed E-state index contributed by atoms with van der Waals surface area (Å²) in [5, 5.41) is 6.27. The van der Waals surface area contributed by atoms with Gasteiger partial charge in [0.15, 0.2) is 0 Å². The van der Waals surface area contributed by atoms with Crippen molar-refractivity contribution in [1.29, 1.82) is 0 Å². The third-order valence-electron chi connectivity index (χ3n) is 2.27. The fraction of sp³-hybridized carbons (Fsp3) is 0.750. The second-order valence-electron chi connectivity index (χ2n) is 3.76. The summed E-state index contributed by atoms with van der Waals surface area (Å²) in [6, 6.07) is 0. The van der Waals surface area contributed by atoms with Crippen LogP contribution in [-0.2, 0) is 14.8 Å². The zero-order chi connectivity index (χ0) is 11.6. The number of nitrogens with zero attached hydrogens (tertiary/aromatic N) is 2. The van der Waals surface area contributed by atoms with E-state index in [-0.39, 0.29) is 17.8 Å². The molecule has 2 N–H and O–H groups in total. The van der Waals surface area contributed by atoms with Gasteiger partial charge in [0.05, 0.1) is 11.9 Å². The van der Waals surface area contributed by atoms with Gasteiger partial charge >= 0.3 is 0 Å². The number of aromatic amines is 1. The summed E-state index contributed by atoms with van der Waals surface area (Å²) in [6.45, 7) is 2.34. The molecule has 1 aromatic heterocycles. The molecular formula is C8H14N4O3S. The molecule has 1 aromatic rings. The first kappa shape index (κ1) is 11.3. The van der Waals surface area contributed by atoms with E-state index in [1.54, 1.807) is 6.92 Å². The largest absolute Gasteiger partial charge is 0.377 e. The van der Waals surface area contributed by atoms with Crippen molar-refractivity contribution >= 4 is 16.0 Å². The summed E-state index contributed by atoms with van der Waals surface area (Å²) >= 11 is 0. The van der Waals surface area contributed by atoms with Gasteiger partial charge in [0, 0.05) is 6.61 Å². The predicted molar refractivity (Wildman–Crippen MR) is 57.5 cm³/mol. The number of hydrogen-bond donors (Lipinski definition) is 2. The molecular weight excluding hydrogens is 232 g/mol. The molecule has 1 atom stereocenters. The zero-order valence-electron chi connectivity index (χ0n) is 8.93. The van der Waals surface area contributed by atoms with Gasteiger partial charge in [-0.2, -0.15) is 4.98 Å². The van der Waals surface area contributed by atoms with Crippen molar-refractivity contribution < 1.29 is 13.2 Å². The monoisotopic (exact) mass is 246 g/mol. The average molecular weight is 246 g/mol. The number of aryl methyl sites for hydroxylation is 1. The van der Waals surface area contributed by atoms with Gasteiger partial charge in [-0.05, 0) is 19.8 Å². The van der Waals surface area contributed by atoms with Gasteiger partial charge in [0.2, 0.25) is 10.0 Å². The first-order chi connectivity index (χ1) is 7.55. The number of ether oxygens (including phenoxy) is 1. The van der Waals surface area contributed by atoms with Crippen LogP contribution in [-0.4, -0.2) is 42.1 Å². The van der Waals surface area contributed by atoms with Crippen LogP contribution in [0.1, 0.15) is 18.7 Å². The van der Waals surface area contributed by atoms with Crippen LogP contribution in [0.4, 0.5) is 5.95 Å². The first-order valence-corrected chi connectivity index (χ1v) is 6.71. The van der Waals surface area contributed by atoms with Crippen LogP contribution in [0.3, 0.4) is 0 Å². The van der Waals surface area contributed by atoms with E-state index in [1.807, 2.05) is 0 Å². The van der Waals surface area contributed by atoms with Crippen LogP contribution >= 0.6 is 0 Å². The van der Waals surface area contributed by atoms with Gasteiger partial charge in [0.1, 0.15) is 5.82 Å². The molecule has 8 heteroatoms. The van der Waals surface area contributed by atoms with Gasteiger partial charge in [-0.25, -0.2) is 13.1 Å². The maximum atomic E-state index is 11.7. The number of hydrogen-bond acceptors (Lipinski definition) is 5. The normalized spacial score (nSPS) is 21.2. The van der Waals surface area contributed by atoms with Gasteiger partial charge in [-0.3, -0.25) is 5.10 Å². The van der Waals surface area contributed by atoms with E-state index in [0.717, 1.165) is 12.8 Å². The third kappa shape index (κ3) is 2.92. The molecule has 0 radical (unpaired) electrons. The molecule has 7 nitrogen and oxygen atoms in total. The third-order valence-corrected chi connectivity index (χ3v) is 3.58. The minimum atomic E-state index is -3.42. The molecule has 1 saturated heterocycles. The highest BCUT2D eigenvalue weighted by atomic mass is 32.2. The van der Waals surface area contributed by atoms with Crippen molar-refractivity contribution in [2.45, 2.75) is 25.9 Å². The molecule has 16 heavy (non-hydrogen) atoms. The van der Waals surface area contributed by atoms with Gasteiger partial charge in [-0.1, -0.05) is 0 Å². The maximum absolute atomic E-state index is 11.7. The number of anilines is 1. The highest BCUT2D eigenvalue weighted by molar-refractivity contribution is 7.92. The Morgan fingerprint density at radius 2 is 2.44 bits per heavy atom. The molecule has 0 spiro atoms. The SMILES string of the molecule is Cc1nc(NS(=O)(=O)CC2CCCO2)n[nH]1. The van der Waals surface area contributed by atoms with E-state index in [9.17, 15) is 8.42 Å². The average Bonchev–Trinajstić information content (AvgIpc) is 2.76. The lowest BCUT2D eigenvalue weighted by molar-refractivity contribution is 0.127. The van der Waals surface area contributed by atoms with Crippen molar-refractivity contribution in [2.75, 3.05) is 17.1 Å². The molecule has 0 amide bonds. The van der Waals surface area contributed by atoms with Crippen molar-refractivity contribution in [1.82, 2.24) is 15.2 Å². The highest BCUT2D eigenvalue weighted by Gasteiger charge is 2.24. The summed E-state index contributed by atoms with van der Waals surface area (Å²) in [4.78, 5) is 3.87. The van der Waals surface area contributed by atoms with Crippen molar-refractivity contribution in [3.63, 3.8) is 0 Å². The topological polar surface area (TPSA) is 97.0 Å². The van der Waals surface area contributed by atoms with Gasteiger partial charge < -0.3 is 4.74 Å². The molecule has 1 fully saturated rings. The molecule has 90 valence electrons. The molecule has 2 heterocycles. The van der Waals surface area contributed by atoms with Gasteiger partial charge in [-0.15, -0.1) is 5.10 Å². The highest BCUT2D eigenvalue weighted by Crippen LogP contribution is 2.14. The molecule has 0 aliphatic carbocycles. The Morgan fingerprint density at radius 1 is 1.62 bits per heavy atom. The summed E-state index contributed by atoms with van der Waals surface area (Å²) in [5.41, 5.74) is 0. The Kier molecular flexibility index (Phi) is 3.10. The Hall–Kier alpha value is -1.15. The summed E-state index contributed by atoms with van der Waals surface area (Å²) in [7, 11) is -3.42. The second-order valence-corrected chi connectivity index (χ2v) is 5.53. The van der Waals surface area contributed by atoms with E-state index in [1.165, 1.54) is 0 Å². The smallest absolute Gasteiger partial charge is 0.255 e. The molecule has 1 aliphatic rings. The van der Waals surface area contributed by atoms with Crippen LogP contribution in [0.15, 0.2) is 0 Å². The summed E-state index contributed by atoms with van der Waals surface area (Å²) in [5.74, 6) is 0.603. The molecule has 2 rings (SSSR count). The first-order valence-electron chi connectivity index (χ1n) is 5.06. The molecule has 0 bridgehead atoms. The van der Waals surface area contributed by atoms with E-state index < -0.39 is 10.0 Å². The predicted octanol–water partition coefficient (Wildman–Crippen LogP) is 0.0338. The minimum Gasteiger partial charge on any atom is -0.377 e. The summed E-state index contributed by atoms with van der Waals surface area (Å²) < 4.78 is 30.9. The lowest BCUT2D eigenvalue weighted by Crippen LogP contribution is -2.26. The van der Waals surface area contributed by atoms with Crippen LogP contribution in [0, 0.1) is 6.92 Å². The minimum absolute atomic E-state index is 0.0411.